The van der Waals surface area contributed by atoms with Crippen LogP contribution in [0, 0.1) is 27.7 Å². The fraction of sp³-hybridized carbons (Fsp3) is 0.600. The fourth-order valence-corrected chi connectivity index (χ4v) is 3.32. The smallest absolute Gasteiger partial charge is 0.126 e. The second-order valence-electron chi connectivity index (χ2n) is 7.18. The van der Waals surface area contributed by atoms with E-state index in [0.29, 0.717) is 0 Å². The summed E-state index contributed by atoms with van der Waals surface area (Å²) in [6, 6.07) is 0. The van der Waals surface area contributed by atoms with Crippen LogP contribution in [0.25, 0.3) is 0 Å². The minimum Gasteiger partial charge on any atom is -0.487 e. The van der Waals surface area contributed by atoms with Crippen LogP contribution in [-0.2, 0) is 6.42 Å². The van der Waals surface area contributed by atoms with Crippen molar-refractivity contribution in [2.45, 2.75) is 79.8 Å². The van der Waals surface area contributed by atoms with Gasteiger partial charge in [-0.2, -0.15) is 0 Å². The molecule has 1 aromatic rings. The Labute approximate surface area is 130 Å². The van der Waals surface area contributed by atoms with Crippen LogP contribution < -0.4 is 4.74 Å². The van der Waals surface area contributed by atoms with Crippen molar-refractivity contribution < 1.29 is 4.74 Å². The summed E-state index contributed by atoms with van der Waals surface area (Å²) in [4.78, 5) is 0. The third-order valence-electron chi connectivity index (χ3n) is 5.23. The number of hydrogen-bond donors (Lipinski definition) is 0. The molecule has 21 heavy (non-hydrogen) atoms. The van der Waals surface area contributed by atoms with Crippen LogP contribution in [0.1, 0.15) is 67.9 Å². The third kappa shape index (κ3) is 3.17. The average molecular weight is 286 g/mol. The quantitative estimate of drug-likeness (QED) is 0.643. The van der Waals surface area contributed by atoms with E-state index < -0.39 is 0 Å². The van der Waals surface area contributed by atoms with E-state index in [1.54, 1.807) is 0 Å². The Morgan fingerprint density at radius 1 is 1.05 bits per heavy atom. The van der Waals surface area contributed by atoms with Gasteiger partial charge >= 0.3 is 0 Å². The Morgan fingerprint density at radius 2 is 1.67 bits per heavy atom. The van der Waals surface area contributed by atoms with E-state index in [2.05, 4.69) is 54.5 Å². The van der Waals surface area contributed by atoms with Crippen molar-refractivity contribution in [2.24, 2.45) is 0 Å². The lowest BCUT2D eigenvalue weighted by molar-refractivity contribution is 0.0560. The van der Waals surface area contributed by atoms with Gasteiger partial charge in [0.15, 0.2) is 0 Å². The maximum absolute atomic E-state index is 6.52. The molecule has 1 nitrogen and oxygen atoms in total. The minimum absolute atomic E-state index is 0.0160. The van der Waals surface area contributed by atoms with Crippen molar-refractivity contribution >= 4 is 0 Å². The molecule has 0 amide bonds. The van der Waals surface area contributed by atoms with Crippen LogP contribution in [0.5, 0.6) is 5.75 Å². The van der Waals surface area contributed by atoms with Gasteiger partial charge in [0.2, 0.25) is 0 Å². The molecule has 1 aliphatic rings. The van der Waals surface area contributed by atoms with E-state index in [1.807, 2.05) is 0 Å². The van der Waals surface area contributed by atoms with E-state index >= 15 is 0 Å². The highest BCUT2D eigenvalue weighted by molar-refractivity contribution is 5.55. The van der Waals surface area contributed by atoms with Crippen LogP contribution in [0.4, 0.5) is 0 Å². The summed E-state index contributed by atoms with van der Waals surface area (Å²) < 4.78 is 6.52. The predicted molar refractivity (Wildman–Crippen MR) is 91.4 cm³/mol. The Morgan fingerprint density at radius 3 is 2.29 bits per heavy atom. The molecule has 0 saturated heterocycles. The van der Waals surface area contributed by atoms with Crippen LogP contribution in [0.2, 0.25) is 0 Å². The number of hydrogen-bond acceptors (Lipinski definition) is 1. The highest BCUT2D eigenvalue weighted by Crippen LogP contribution is 2.42. The number of benzene rings is 1. The molecule has 116 valence electrons. The Kier molecular flexibility index (Phi) is 4.51. The molecular weight excluding hydrogens is 256 g/mol. The van der Waals surface area contributed by atoms with E-state index in [0.717, 1.165) is 25.7 Å². The van der Waals surface area contributed by atoms with Crippen LogP contribution >= 0.6 is 0 Å². The number of ether oxygens (including phenoxy) is 1. The molecule has 1 aliphatic heterocycles. The van der Waals surface area contributed by atoms with Gasteiger partial charge < -0.3 is 4.74 Å². The molecule has 1 heterocycles. The summed E-state index contributed by atoms with van der Waals surface area (Å²) in [5, 5.41) is 0. The molecule has 0 fully saturated rings. The SMILES string of the molecule is CC(C)=CCC[C@@]1(C)CCc2c(C)c(C)c(C)c(C)c2O1. The first kappa shape index (κ1) is 16.1. The van der Waals surface area contributed by atoms with Gasteiger partial charge in [0.05, 0.1) is 0 Å². The standard InChI is InChI=1S/C20H30O/c1-13(2)9-8-11-20(7)12-10-18-16(5)14(3)15(4)17(6)19(18)21-20/h9H,8,10-12H2,1-7H3/t20-/m0/s1. The monoisotopic (exact) mass is 286 g/mol. The molecule has 0 N–H and O–H groups in total. The molecule has 1 aromatic carbocycles. The van der Waals surface area contributed by atoms with Gasteiger partial charge in [-0.1, -0.05) is 11.6 Å². The maximum atomic E-state index is 6.52. The Balaban J connectivity index is 2.30. The Hall–Kier alpha value is -1.24. The van der Waals surface area contributed by atoms with Crippen molar-refractivity contribution in [1.29, 1.82) is 0 Å². The molecule has 0 saturated carbocycles. The zero-order valence-electron chi connectivity index (χ0n) is 14.8. The van der Waals surface area contributed by atoms with Crippen LogP contribution in [0.15, 0.2) is 11.6 Å². The molecule has 0 aromatic heterocycles. The number of allylic oxidation sites excluding steroid dienone is 2. The molecule has 0 radical (unpaired) electrons. The van der Waals surface area contributed by atoms with Crippen molar-refractivity contribution in [3.05, 3.63) is 39.5 Å². The van der Waals surface area contributed by atoms with E-state index in [1.165, 1.54) is 39.1 Å². The van der Waals surface area contributed by atoms with Crippen LogP contribution in [-0.4, -0.2) is 5.60 Å². The highest BCUT2D eigenvalue weighted by atomic mass is 16.5. The van der Waals surface area contributed by atoms with Gasteiger partial charge in [0.25, 0.3) is 0 Å². The van der Waals surface area contributed by atoms with E-state index in [4.69, 9.17) is 4.74 Å². The minimum atomic E-state index is -0.0160. The van der Waals surface area contributed by atoms with Crippen LogP contribution in [0.3, 0.4) is 0 Å². The molecule has 0 spiro atoms. The lowest BCUT2D eigenvalue weighted by Crippen LogP contribution is -2.37. The first-order valence-electron chi connectivity index (χ1n) is 8.17. The topological polar surface area (TPSA) is 9.23 Å². The number of rotatable bonds is 3. The fourth-order valence-electron chi connectivity index (χ4n) is 3.32. The van der Waals surface area contributed by atoms with Crippen molar-refractivity contribution in [3.8, 4) is 5.75 Å². The van der Waals surface area contributed by atoms with Gasteiger partial charge in [-0.05, 0) is 102 Å². The summed E-state index contributed by atoms with van der Waals surface area (Å²) in [5.74, 6) is 1.17. The summed E-state index contributed by atoms with van der Waals surface area (Å²) >= 11 is 0. The van der Waals surface area contributed by atoms with Gasteiger partial charge in [-0.15, -0.1) is 0 Å². The third-order valence-corrected chi connectivity index (χ3v) is 5.23. The predicted octanol–water partition coefficient (Wildman–Crippen LogP) is 5.75. The highest BCUT2D eigenvalue weighted by Gasteiger charge is 2.33. The lowest BCUT2D eigenvalue weighted by atomic mass is 9.83. The molecule has 0 bridgehead atoms. The zero-order valence-corrected chi connectivity index (χ0v) is 14.8. The van der Waals surface area contributed by atoms with E-state index in [9.17, 15) is 0 Å². The maximum Gasteiger partial charge on any atom is 0.126 e. The lowest BCUT2D eigenvalue weighted by Gasteiger charge is -2.38. The van der Waals surface area contributed by atoms with Gasteiger partial charge in [-0.3, -0.25) is 0 Å². The zero-order chi connectivity index (χ0) is 15.8. The number of fused-ring (bicyclic) bond motifs is 1. The van der Waals surface area contributed by atoms with Crippen molar-refractivity contribution in [3.63, 3.8) is 0 Å². The Bertz CT molecular complexity index is 576. The molecular formula is C20H30O. The normalized spacial score (nSPS) is 20.7. The van der Waals surface area contributed by atoms with E-state index in [-0.39, 0.29) is 5.60 Å². The molecule has 0 aliphatic carbocycles. The molecule has 1 heteroatoms. The summed E-state index contributed by atoms with van der Waals surface area (Å²) in [6.45, 7) is 15.5. The second kappa shape index (κ2) is 5.87. The summed E-state index contributed by atoms with van der Waals surface area (Å²) in [6.07, 6.45) is 6.80. The summed E-state index contributed by atoms with van der Waals surface area (Å²) in [5.41, 5.74) is 8.41. The van der Waals surface area contributed by atoms with Crippen molar-refractivity contribution in [2.75, 3.05) is 0 Å². The molecule has 0 unspecified atom stereocenters. The summed E-state index contributed by atoms with van der Waals surface area (Å²) in [7, 11) is 0. The van der Waals surface area contributed by atoms with Gasteiger partial charge in [0.1, 0.15) is 11.4 Å². The first-order chi connectivity index (χ1) is 9.75. The second-order valence-corrected chi connectivity index (χ2v) is 7.18. The van der Waals surface area contributed by atoms with Crippen molar-refractivity contribution in [1.82, 2.24) is 0 Å². The average Bonchev–Trinajstić information content (AvgIpc) is 2.42. The first-order valence-corrected chi connectivity index (χ1v) is 8.17. The van der Waals surface area contributed by atoms with Gasteiger partial charge in [0, 0.05) is 0 Å². The molecule has 1 atom stereocenters. The van der Waals surface area contributed by atoms with Gasteiger partial charge in [-0.25, -0.2) is 0 Å². The largest absolute Gasteiger partial charge is 0.487 e. The molecule has 2 rings (SSSR count).